The molecule has 0 aliphatic heterocycles. The van der Waals surface area contributed by atoms with E-state index in [0.717, 1.165) is 0 Å². The minimum atomic E-state index is -4.21. The Bertz CT molecular complexity index is 330. The zero-order valence-corrected chi connectivity index (χ0v) is 8.71. The molecule has 0 spiro atoms. The van der Waals surface area contributed by atoms with E-state index < -0.39 is 19.2 Å². The van der Waals surface area contributed by atoms with Gasteiger partial charge in [0.25, 0.3) is 0 Å². The average molecular weight is 235 g/mol. The molecule has 7 heteroatoms. The molecule has 0 unspecified atom stereocenters. The fraction of sp³-hybridized carbons (Fsp3) is 0.556. The first-order chi connectivity index (χ1) is 7.51. The molecule has 90 valence electrons. The van der Waals surface area contributed by atoms with E-state index in [9.17, 15) is 13.2 Å². The minimum Gasteiger partial charge on any atom is -0.477 e. The third kappa shape index (κ3) is 4.81. The zero-order valence-electron chi connectivity index (χ0n) is 8.71. The Morgan fingerprint density at radius 3 is 2.75 bits per heavy atom. The summed E-state index contributed by atoms with van der Waals surface area (Å²) in [5.74, 6) is 0.662. The number of alkyl halides is 3. The summed E-state index contributed by atoms with van der Waals surface area (Å²) in [5.41, 5.74) is 0. The molecular formula is C9H12F3N3O. The van der Waals surface area contributed by atoms with Crippen molar-refractivity contribution < 1.29 is 17.9 Å². The summed E-state index contributed by atoms with van der Waals surface area (Å²) in [6.07, 6.45) is -3.97. The van der Waals surface area contributed by atoms with Crippen molar-refractivity contribution in [2.75, 3.05) is 18.5 Å². The van der Waals surface area contributed by atoms with Crippen molar-refractivity contribution in [2.45, 2.75) is 19.5 Å². The predicted molar refractivity (Wildman–Crippen MR) is 52.4 cm³/mol. The van der Waals surface area contributed by atoms with Crippen molar-refractivity contribution in [2.24, 2.45) is 0 Å². The van der Waals surface area contributed by atoms with Gasteiger partial charge in [-0.3, -0.25) is 0 Å². The van der Waals surface area contributed by atoms with Crippen LogP contribution >= 0.6 is 0 Å². The predicted octanol–water partition coefficient (Wildman–Crippen LogP) is 2.24. The fourth-order valence-corrected chi connectivity index (χ4v) is 0.968. The molecule has 0 saturated heterocycles. The fourth-order valence-electron chi connectivity index (χ4n) is 0.968. The van der Waals surface area contributed by atoms with Crippen molar-refractivity contribution in [3.05, 3.63) is 12.4 Å². The largest absolute Gasteiger partial charge is 0.477 e. The summed E-state index contributed by atoms with van der Waals surface area (Å²) in [6.45, 7) is 2.11. The molecule has 0 radical (unpaired) electrons. The Hall–Kier alpha value is -1.53. The number of hydrogen-bond donors (Lipinski definition) is 1. The summed E-state index contributed by atoms with van der Waals surface area (Å²) in [7, 11) is 0. The van der Waals surface area contributed by atoms with Crippen LogP contribution in [0, 0.1) is 0 Å². The highest BCUT2D eigenvalue weighted by Gasteiger charge is 2.26. The molecule has 16 heavy (non-hydrogen) atoms. The molecule has 0 amide bonds. The average Bonchev–Trinajstić information content (AvgIpc) is 2.17. The van der Waals surface area contributed by atoms with Gasteiger partial charge in [0.1, 0.15) is 12.1 Å². The first kappa shape index (κ1) is 12.5. The lowest BCUT2D eigenvalue weighted by molar-refractivity contribution is -0.139. The van der Waals surface area contributed by atoms with Gasteiger partial charge in [-0.25, -0.2) is 9.97 Å². The quantitative estimate of drug-likeness (QED) is 0.850. The molecule has 0 aliphatic carbocycles. The molecule has 1 heterocycles. The highest BCUT2D eigenvalue weighted by molar-refractivity contribution is 5.36. The van der Waals surface area contributed by atoms with Crippen molar-refractivity contribution in [3.63, 3.8) is 0 Å². The Labute approximate surface area is 90.9 Å². The lowest BCUT2D eigenvalue weighted by Gasteiger charge is -2.08. The van der Waals surface area contributed by atoms with E-state index in [-0.39, 0.29) is 5.88 Å². The molecule has 0 atom stereocenters. The third-order valence-corrected chi connectivity index (χ3v) is 1.64. The van der Waals surface area contributed by atoms with E-state index in [2.05, 4.69) is 15.3 Å². The maximum atomic E-state index is 11.8. The standard InChI is InChI=1S/C9H12F3N3O/c1-2-13-7-5-8(15-6-14-7)16-4-3-9(10,11)12/h5-6H,2-4H2,1H3,(H,13,14,15). The molecule has 0 bridgehead atoms. The Morgan fingerprint density at radius 2 is 2.12 bits per heavy atom. The maximum Gasteiger partial charge on any atom is 0.392 e. The highest BCUT2D eigenvalue weighted by Crippen LogP contribution is 2.20. The van der Waals surface area contributed by atoms with Crippen LogP contribution in [0.3, 0.4) is 0 Å². The first-order valence-corrected chi connectivity index (χ1v) is 4.76. The second kappa shape index (κ2) is 5.53. The van der Waals surface area contributed by atoms with E-state index in [0.29, 0.717) is 12.4 Å². The molecular weight excluding hydrogens is 223 g/mol. The van der Waals surface area contributed by atoms with Gasteiger partial charge >= 0.3 is 6.18 Å². The summed E-state index contributed by atoms with van der Waals surface area (Å²) in [5, 5.41) is 2.90. The number of hydrogen-bond acceptors (Lipinski definition) is 4. The molecule has 0 saturated carbocycles. The molecule has 1 aromatic heterocycles. The number of rotatable bonds is 5. The van der Waals surface area contributed by atoms with E-state index >= 15 is 0 Å². The van der Waals surface area contributed by atoms with Crippen LogP contribution in [0.2, 0.25) is 0 Å². The van der Waals surface area contributed by atoms with E-state index in [1.165, 1.54) is 12.4 Å². The molecule has 1 aromatic rings. The van der Waals surface area contributed by atoms with Crippen LogP contribution in [0.25, 0.3) is 0 Å². The molecule has 1 rings (SSSR count). The smallest absolute Gasteiger partial charge is 0.392 e. The summed E-state index contributed by atoms with van der Waals surface area (Å²) in [4.78, 5) is 7.56. The molecule has 0 aromatic carbocycles. The van der Waals surface area contributed by atoms with Gasteiger partial charge in [0, 0.05) is 12.6 Å². The SMILES string of the molecule is CCNc1cc(OCCC(F)(F)F)ncn1. The van der Waals surface area contributed by atoms with Gasteiger partial charge in [-0.2, -0.15) is 13.2 Å². The topological polar surface area (TPSA) is 47.0 Å². The van der Waals surface area contributed by atoms with Crippen LogP contribution < -0.4 is 10.1 Å². The third-order valence-electron chi connectivity index (χ3n) is 1.64. The second-order valence-electron chi connectivity index (χ2n) is 2.99. The maximum absolute atomic E-state index is 11.8. The van der Waals surface area contributed by atoms with Gasteiger partial charge in [0.05, 0.1) is 13.0 Å². The Morgan fingerprint density at radius 1 is 1.38 bits per heavy atom. The van der Waals surface area contributed by atoms with Crippen LogP contribution in [0.15, 0.2) is 12.4 Å². The van der Waals surface area contributed by atoms with Gasteiger partial charge in [0.15, 0.2) is 0 Å². The molecule has 0 fully saturated rings. The van der Waals surface area contributed by atoms with Crippen LogP contribution in [-0.2, 0) is 0 Å². The van der Waals surface area contributed by atoms with E-state index in [1.54, 1.807) is 0 Å². The molecule has 0 aliphatic rings. The normalized spacial score (nSPS) is 11.2. The lowest BCUT2D eigenvalue weighted by Crippen LogP contribution is -2.13. The van der Waals surface area contributed by atoms with Gasteiger partial charge in [-0.15, -0.1) is 0 Å². The van der Waals surface area contributed by atoms with Crippen molar-refractivity contribution >= 4 is 5.82 Å². The number of ether oxygens (including phenoxy) is 1. The van der Waals surface area contributed by atoms with Crippen molar-refractivity contribution in [1.82, 2.24) is 9.97 Å². The monoisotopic (exact) mass is 235 g/mol. The number of nitrogens with one attached hydrogen (secondary N) is 1. The number of anilines is 1. The van der Waals surface area contributed by atoms with Crippen LogP contribution in [0.1, 0.15) is 13.3 Å². The second-order valence-corrected chi connectivity index (χ2v) is 2.99. The van der Waals surface area contributed by atoms with Gasteiger partial charge in [-0.1, -0.05) is 0 Å². The minimum absolute atomic E-state index is 0.134. The van der Waals surface area contributed by atoms with Gasteiger partial charge < -0.3 is 10.1 Å². The Kier molecular flexibility index (Phi) is 4.33. The summed E-state index contributed by atoms with van der Waals surface area (Å²) < 4.78 is 40.4. The van der Waals surface area contributed by atoms with Crippen LogP contribution in [-0.4, -0.2) is 29.3 Å². The molecule has 1 N–H and O–H groups in total. The van der Waals surface area contributed by atoms with Gasteiger partial charge in [0.2, 0.25) is 5.88 Å². The highest BCUT2D eigenvalue weighted by atomic mass is 19.4. The molecule has 4 nitrogen and oxygen atoms in total. The van der Waals surface area contributed by atoms with E-state index in [4.69, 9.17) is 4.74 Å². The number of aromatic nitrogens is 2. The zero-order chi connectivity index (χ0) is 12.0. The lowest BCUT2D eigenvalue weighted by atomic mass is 10.4. The first-order valence-electron chi connectivity index (χ1n) is 4.76. The Balaban J connectivity index is 2.44. The van der Waals surface area contributed by atoms with Crippen molar-refractivity contribution in [1.29, 1.82) is 0 Å². The van der Waals surface area contributed by atoms with Crippen molar-refractivity contribution in [3.8, 4) is 5.88 Å². The summed E-state index contributed by atoms with van der Waals surface area (Å²) in [6, 6.07) is 1.46. The summed E-state index contributed by atoms with van der Waals surface area (Å²) >= 11 is 0. The van der Waals surface area contributed by atoms with E-state index in [1.807, 2.05) is 6.92 Å². The van der Waals surface area contributed by atoms with Crippen LogP contribution in [0.5, 0.6) is 5.88 Å². The van der Waals surface area contributed by atoms with Gasteiger partial charge in [-0.05, 0) is 6.92 Å². The number of halogens is 3. The number of nitrogens with zero attached hydrogens (tertiary/aromatic N) is 2. The van der Waals surface area contributed by atoms with Crippen LogP contribution in [0.4, 0.5) is 19.0 Å².